The van der Waals surface area contributed by atoms with E-state index >= 15 is 0 Å². The SMILES string of the molecule is C.COCCNc1ccc2[nH]c(C(=O)N[C@H]3c4cc(C#N)ccc4CC3(C)C)cc2c1. The molecule has 0 saturated carbocycles. The lowest BCUT2D eigenvalue weighted by atomic mass is 9.85. The minimum atomic E-state index is -0.147. The van der Waals surface area contributed by atoms with Crippen LogP contribution in [-0.4, -0.2) is 31.2 Å². The number of nitrogens with zero attached hydrogens (tertiary/aromatic N) is 1. The van der Waals surface area contributed by atoms with E-state index in [1.807, 2.05) is 42.5 Å². The number of aromatic amines is 1. The number of H-pyrrole nitrogens is 1. The number of benzene rings is 2. The number of carbonyl (C=O) groups is 1. The summed E-state index contributed by atoms with van der Waals surface area (Å²) in [5, 5.41) is 16.7. The van der Waals surface area contributed by atoms with Gasteiger partial charge in [-0.1, -0.05) is 27.3 Å². The van der Waals surface area contributed by atoms with E-state index in [2.05, 4.69) is 35.5 Å². The highest BCUT2D eigenvalue weighted by Gasteiger charge is 2.40. The van der Waals surface area contributed by atoms with Gasteiger partial charge in [0.15, 0.2) is 0 Å². The second-order valence-corrected chi connectivity index (χ2v) is 8.50. The summed E-state index contributed by atoms with van der Waals surface area (Å²) in [5.41, 5.74) is 5.14. The molecule has 0 aliphatic heterocycles. The predicted octanol–water partition coefficient (Wildman–Crippen LogP) is 4.79. The number of hydrogen-bond donors (Lipinski definition) is 3. The maximum Gasteiger partial charge on any atom is 0.268 e. The fourth-order valence-corrected chi connectivity index (χ4v) is 4.25. The largest absolute Gasteiger partial charge is 0.383 e. The molecule has 3 aromatic rings. The first-order chi connectivity index (χ1) is 14.4. The van der Waals surface area contributed by atoms with Crippen LogP contribution in [0.4, 0.5) is 5.69 Å². The third-order valence-electron chi connectivity index (χ3n) is 5.79. The van der Waals surface area contributed by atoms with Gasteiger partial charge in [0.05, 0.1) is 24.3 Å². The van der Waals surface area contributed by atoms with Crippen LogP contribution in [-0.2, 0) is 11.2 Å². The number of nitriles is 1. The van der Waals surface area contributed by atoms with Crippen molar-refractivity contribution in [3.63, 3.8) is 0 Å². The third kappa shape index (κ3) is 4.42. The van der Waals surface area contributed by atoms with E-state index in [0.29, 0.717) is 17.9 Å². The maximum atomic E-state index is 13.1. The molecule has 0 spiro atoms. The van der Waals surface area contributed by atoms with Crippen molar-refractivity contribution in [3.05, 3.63) is 64.8 Å². The summed E-state index contributed by atoms with van der Waals surface area (Å²) in [6, 6.07) is 15.6. The molecule has 1 aliphatic carbocycles. The lowest BCUT2D eigenvalue weighted by Crippen LogP contribution is -2.35. The van der Waals surface area contributed by atoms with E-state index in [1.165, 1.54) is 5.56 Å². The molecule has 1 atom stereocenters. The van der Waals surface area contributed by atoms with Crippen LogP contribution in [0, 0.1) is 16.7 Å². The van der Waals surface area contributed by atoms with Crippen molar-refractivity contribution >= 4 is 22.5 Å². The molecule has 0 unspecified atom stereocenters. The van der Waals surface area contributed by atoms with Crippen LogP contribution in [0.5, 0.6) is 0 Å². The number of aromatic nitrogens is 1. The first-order valence-corrected chi connectivity index (χ1v) is 10.1. The monoisotopic (exact) mass is 418 g/mol. The summed E-state index contributed by atoms with van der Waals surface area (Å²) in [6.45, 7) is 5.64. The summed E-state index contributed by atoms with van der Waals surface area (Å²) >= 11 is 0. The van der Waals surface area contributed by atoms with Crippen molar-refractivity contribution in [1.82, 2.24) is 10.3 Å². The smallest absolute Gasteiger partial charge is 0.268 e. The van der Waals surface area contributed by atoms with Gasteiger partial charge in [-0.25, -0.2) is 0 Å². The standard InChI is InChI=1S/C24H26N4O2.CH4/c1-24(2)13-16-5-4-15(14-25)10-19(16)22(24)28-23(29)21-12-17-11-18(26-8-9-30-3)6-7-20(17)27-21;/h4-7,10-12,22,26-27H,8-9,13H2,1-3H3,(H,28,29);1H4/t22-;/m0./s1. The molecule has 162 valence electrons. The molecule has 6 nitrogen and oxygen atoms in total. The van der Waals surface area contributed by atoms with Crippen molar-refractivity contribution in [3.8, 4) is 6.07 Å². The molecule has 3 N–H and O–H groups in total. The van der Waals surface area contributed by atoms with Crippen LogP contribution in [0.2, 0.25) is 0 Å². The van der Waals surface area contributed by atoms with Crippen molar-refractivity contribution in [2.24, 2.45) is 5.41 Å². The van der Waals surface area contributed by atoms with Crippen LogP contribution in [0.15, 0.2) is 42.5 Å². The molecule has 1 heterocycles. The Balaban J connectivity index is 0.00000272. The number of carbonyl (C=O) groups excluding carboxylic acids is 1. The maximum absolute atomic E-state index is 13.1. The Labute approximate surface area is 183 Å². The highest BCUT2D eigenvalue weighted by Crippen LogP contribution is 2.45. The van der Waals surface area contributed by atoms with Crippen LogP contribution in [0.25, 0.3) is 10.9 Å². The number of hydrogen-bond acceptors (Lipinski definition) is 4. The minimum Gasteiger partial charge on any atom is -0.383 e. The minimum absolute atomic E-state index is 0. The van der Waals surface area contributed by atoms with Gasteiger partial charge in [-0.2, -0.15) is 5.26 Å². The number of anilines is 1. The molecular weight excluding hydrogens is 388 g/mol. The summed E-state index contributed by atoms with van der Waals surface area (Å²) in [6.07, 6.45) is 0.863. The molecule has 1 aromatic heterocycles. The lowest BCUT2D eigenvalue weighted by molar-refractivity contribution is 0.0899. The van der Waals surface area contributed by atoms with E-state index in [4.69, 9.17) is 4.74 Å². The number of rotatable bonds is 6. The summed E-state index contributed by atoms with van der Waals surface area (Å²) in [4.78, 5) is 16.3. The molecule has 0 saturated heterocycles. The van der Waals surface area contributed by atoms with Gasteiger partial charge >= 0.3 is 0 Å². The van der Waals surface area contributed by atoms with Gasteiger partial charge in [0.25, 0.3) is 5.91 Å². The topological polar surface area (TPSA) is 89.9 Å². The van der Waals surface area contributed by atoms with Crippen LogP contribution < -0.4 is 10.6 Å². The lowest BCUT2D eigenvalue weighted by Gasteiger charge is -2.28. The van der Waals surface area contributed by atoms with E-state index in [0.717, 1.165) is 35.1 Å². The van der Waals surface area contributed by atoms with E-state index in [-0.39, 0.29) is 24.8 Å². The summed E-state index contributed by atoms with van der Waals surface area (Å²) in [5.74, 6) is -0.145. The Hall–Kier alpha value is -3.30. The molecule has 1 aliphatic rings. The van der Waals surface area contributed by atoms with Gasteiger partial charge in [-0.15, -0.1) is 0 Å². The highest BCUT2D eigenvalue weighted by atomic mass is 16.5. The summed E-state index contributed by atoms with van der Waals surface area (Å²) < 4.78 is 5.07. The first-order valence-electron chi connectivity index (χ1n) is 10.1. The quantitative estimate of drug-likeness (QED) is 0.502. The molecule has 2 aromatic carbocycles. The van der Waals surface area contributed by atoms with Gasteiger partial charge in [0.1, 0.15) is 5.69 Å². The molecular formula is C25H30N4O2. The van der Waals surface area contributed by atoms with E-state index in [9.17, 15) is 10.1 Å². The summed E-state index contributed by atoms with van der Waals surface area (Å²) in [7, 11) is 1.67. The predicted molar refractivity (Wildman–Crippen MR) is 124 cm³/mol. The van der Waals surface area contributed by atoms with Gasteiger partial charge < -0.3 is 20.4 Å². The number of ether oxygens (including phenoxy) is 1. The van der Waals surface area contributed by atoms with E-state index < -0.39 is 0 Å². The molecule has 31 heavy (non-hydrogen) atoms. The highest BCUT2D eigenvalue weighted by molar-refractivity contribution is 5.99. The number of methoxy groups -OCH3 is 1. The molecule has 4 rings (SSSR count). The van der Waals surface area contributed by atoms with Gasteiger partial charge in [0.2, 0.25) is 0 Å². The molecule has 6 heteroatoms. The Morgan fingerprint density at radius 3 is 2.81 bits per heavy atom. The molecule has 0 fully saturated rings. The van der Waals surface area contributed by atoms with Crippen LogP contribution >= 0.6 is 0 Å². The average Bonchev–Trinajstić information content (AvgIpc) is 3.25. The Morgan fingerprint density at radius 2 is 2.06 bits per heavy atom. The second kappa shape index (κ2) is 8.83. The zero-order chi connectivity index (χ0) is 21.3. The van der Waals surface area contributed by atoms with Crippen LogP contribution in [0.1, 0.15) is 54.5 Å². The zero-order valence-corrected chi connectivity index (χ0v) is 17.5. The number of nitrogens with one attached hydrogen (secondary N) is 3. The number of fused-ring (bicyclic) bond motifs is 2. The first kappa shape index (κ1) is 22.4. The van der Waals surface area contributed by atoms with Gasteiger partial charge in [-0.3, -0.25) is 4.79 Å². The third-order valence-corrected chi connectivity index (χ3v) is 5.79. The molecule has 1 amide bonds. The van der Waals surface area contributed by atoms with Crippen molar-refractivity contribution in [1.29, 1.82) is 5.26 Å². The fourth-order valence-electron chi connectivity index (χ4n) is 4.25. The Bertz CT molecular complexity index is 1140. The van der Waals surface area contributed by atoms with E-state index in [1.54, 1.807) is 7.11 Å². The van der Waals surface area contributed by atoms with Crippen molar-refractivity contribution in [2.45, 2.75) is 33.7 Å². The normalized spacial score (nSPS) is 16.3. The Kier molecular flexibility index (Phi) is 6.37. The molecule has 0 radical (unpaired) electrons. The zero-order valence-electron chi connectivity index (χ0n) is 17.5. The average molecular weight is 419 g/mol. The van der Waals surface area contributed by atoms with Crippen molar-refractivity contribution in [2.75, 3.05) is 25.6 Å². The molecule has 0 bridgehead atoms. The number of amides is 1. The second-order valence-electron chi connectivity index (χ2n) is 8.50. The van der Waals surface area contributed by atoms with Crippen molar-refractivity contribution < 1.29 is 9.53 Å². The fraction of sp³-hybridized carbons (Fsp3) is 0.360. The Morgan fingerprint density at radius 1 is 1.26 bits per heavy atom. The van der Waals surface area contributed by atoms with Gasteiger partial charge in [0, 0.05) is 30.2 Å². The van der Waals surface area contributed by atoms with Crippen LogP contribution in [0.3, 0.4) is 0 Å². The van der Waals surface area contributed by atoms with Gasteiger partial charge in [-0.05, 0) is 59.4 Å².